The molecule has 0 aliphatic carbocycles. The molecule has 2 heteroatoms. The Labute approximate surface area is 131 Å². The SMILES string of the molecule is CCc1ccc(CC(CCl)(CCl)c2ccccc2)cc1. The zero-order chi connectivity index (χ0) is 14.4. The Bertz CT molecular complexity index is 513. The van der Waals surface area contributed by atoms with Crippen molar-refractivity contribution in [3.05, 3.63) is 71.3 Å². The van der Waals surface area contributed by atoms with Crippen LogP contribution >= 0.6 is 23.2 Å². The van der Waals surface area contributed by atoms with Crippen LogP contribution in [0.2, 0.25) is 0 Å². The predicted octanol–water partition coefficient (Wildman–Crippen LogP) is 5.21. The summed E-state index contributed by atoms with van der Waals surface area (Å²) in [6.07, 6.45) is 1.93. The maximum atomic E-state index is 6.28. The molecule has 0 aromatic heterocycles. The number of benzene rings is 2. The van der Waals surface area contributed by atoms with E-state index in [1.54, 1.807) is 0 Å². The van der Waals surface area contributed by atoms with E-state index in [0.717, 1.165) is 12.8 Å². The van der Waals surface area contributed by atoms with Crippen LogP contribution in [0.3, 0.4) is 0 Å². The van der Waals surface area contributed by atoms with Gasteiger partial charge in [0, 0.05) is 17.2 Å². The molecule has 0 aliphatic heterocycles. The second-order valence-electron chi connectivity index (χ2n) is 5.26. The maximum Gasteiger partial charge on any atom is 0.0335 e. The van der Waals surface area contributed by atoms with Gasteiger partial charge in [0.15, 0.2) is 0 Å². The lowest BCUT2D eigenvalue weighted by Crippen LogP contribution is -2.33. The number of hydrogen-bond acceptors (Lipinski definition) is 0. The quantitative estimate of drug-likeness (QED) is 0.643. The molecule has 0 N–H and O–H groups in total. The fourth-order valence-electron chi connectivity index (χ4n) is 2.46. The molecule has 2 aromatic rings. The van der Waals surface area contributed by atoms with Gasteiger partial charge in [0.05, 0.1) is 0 Å². The van der Waals surface area contributed by atoms with Gasteiger partial charge in [-0.2, -0.15) is 0 Å². The van der Waals surface area contributed by atoms with Crippen molar-refractivity contribution in [2.75, 3.05) is 11.8 Å². The minimum Gasteiger partial charge on any atom is -0.126 e. The lowest BCUT2D eigenvalue weighted by molar-refractivity contribution is 0.536. The molecule has 106 valence electrons. The Kier molecular flexibility index (Phi) is 5.51. The topological polar surface area (TPSA) is 0 Å². The van der Waals surface area contributed by atoms with Gasteiger partial charge in [0.25, 0.3) is 0 Å². The molecule has 0 spiro atoms. The van der Waals surface area contributed by atoms with Crippen LogP contribution in [0.5, 0.6) is 0 Å². The summed E-state index contributed by atoms with van der Waals surface area (Å²) in [4.78, 5) is 0. The molecule has 2 aromatic carbocycles. The number of hydrogen-bond donors (Lipinski definition) is 0. The lowest BCUT2D eigenvalue weighted by Gasteiger charge is -2.30. The van der Waals surface area contributed by atoms with Crippen molar-refractivity contribution in [3.63, 3.8) is 0 Å². The highest BCUT2D eigenvalue weighted by Crippen LogP contribution is 2.31. The molecule has 2 rings (SSSR count). The van der Waals surface area contributed by atoms with E-state index in [9.17, 15) is 0 Å². The third-order valence-corrected chi connectivity index (χ3v) is 4.89. The van der Waals surface area contributed by atoms with E-state index in [4.69, 9.17) is 23.2 Å². The normalized spacial score (nSPS) is 11.6. The molecular formula is C18H20Cl2. The Morgan fingerprint density at radius 2 is 1.35 bits per heavy atom. The van der Waals surface area contributed by atoms with Gasteiger partial charge in [-0.3, -0.25) is 0 Å². The first-order valence-electron chi connectivity index (χ1n) is 6.99. The summed E-state index contributed by atoms with van der Waals surface area (Å²) in [6.45, 7) is 2.17. The van der Waals surface area contributed by atoms with Crippen LogP contribution in [-0.4, -0.2) is 11.8 Å². The molecule has 20 heavy (non-hydrogen) atoms. The first kappa shape index (κ1) is 15.4. The first-order valence-corrected chi connectivity index (χ1v) is 8.06. The smallest absolute Gasteiger partial charge is 0.0335 e. The molecule has 0 amide bonds. The number of halogens is 2. The third-order valence-electron chi connectivity index (χ3n) is 3.87. The van der Waals surface area contributed by atoms with Gasteiger partial charge in [0.1, 0.15) is 0 Å². The van der Waals surface area contributed by atoms with Gasteiger partial charge < -0.3 is 0 Å². The largest absolute Gasteiger partial charge is 0.126 e. The van der Waals surface area contributed by atoms with Crippen molar-refractivity contribution < 1.29 is 0 Å². The van der Waals surface area contributed by atoms with E-state index >= 15 is 0 Å². The monoisotopic (exact) mass is 306 g/mol. The van der Waals surface area contributed by atoms with Crippen LogP contribution in [0.15, 0.2) is 54.6 Å². The fourth-order valence-corrected chi connectivity index (χ4v) is 3.25. The molecular weight excluding hydrogens is 287 g/mol. The Morgan fingerprint density at radius 3 is 1.85 bits per heavy atom. The third kappa shape index (κ3) is 3.37. The molecule has 0 radical (unpaired) electrons. The van der Waals surface area contributed by atoms with Crippen molar-refractivity contribution in [2.45, 2.75) is 25.2 Å². The lowest BCUT2D eigenvalue weighted by atomic mass is 9.78. The average Bonchev–Trinajstić information content (AvgIpc) is 2.54. The summed E-state index contributed by atoms with van der Waals surface area (Å²) in [5, 5.41) is 0. The van der Waals surface area contributed by atoms with Gasteiger partial charge >= 0.3 is 0 Å². The predicted molar refractivity (Wildman–Crippen MR) is 89.1 cm³/mol. The summed E-state index contributed by atoms with van der Waals surface area (Å²) < 4.78 is 0. The van der Waals surface area contributed by atoms with E-state index in [1.807, 2.05) is 18.2 Å². The molecule has 0 atom stereocenters. The molecule has 0 saturated carbocycles. The summed E-state index contributed by atoms with van der Waals surface area (Å²) in [5.41, 5.74) is 3.66. The average molecular weight is 307 g/mol. The van der Waals surface area contributed by atoms with E-state index in [2.05, 4.69) is 43.3 Å². The maximum absolute atomic E-state index is 6.28. The standard InChI is InChI=1S/C18H20Cl2/c1-2-15-8-10-16(11-9-15)12-18(13-19,14-20)17-6-4-3-5-7-17/h3-11H,2,12-14H2,1H3. The van der Waals surface area contributed by atoms with E-state index < -0.39 is 0 Å². The summed E-state index contributed by atoms with van der Waals surface area (Å²) in [5.74, 6) is 1.05. The van der Waals surface area contributed by atoms with E-state index in [0.29, 0.717) is 11.8 Å². The number of alkyl halides is 2. The van der Waals surface area contributed by atoms with Crippen LogP contribution in [-0.2, 0) is 18.3 Å². The van der Waals surface area contributed by atoms with Gasteiger partial charge in [-0.1, -0.05) is 61.5 Å². The van der Waals surface area contributed by atoms with Crippen LogP contribution in [0.25, 0.3) is 0 Å². The van der Waals surface area contributed by atoms with Crippen LogP contribution in [0, 0.1) is 0 Å². The molecule has 0 nitrogen and oxygen atoms in total. The Balaban J connectivity index is 2.29. The summed E-state index contributed by atoms with van der Waals surface area (Å²) in [6, 6.07) is 19.1. The van der Waals surface area contributed by atoms with Crippen molar-refractivity contribution in [1.29, 1.82) is 0 Å². The van der Waals surface area contributed by atoms with Gasteiger partial charge in [-0.15, -0.1) is 23.2 Å². The first-order chi connectivity index (χ1) is 9.74. The minimum atomic E-state index is -0.196. The molecule has 0 heterocycles. The molecule has 0 unspecified atom stereocenters. The van der Waals surface area contributed by atoms with Gasteiger partial charge in [-0.05, 0) is 29.5 Å². The van der Waals surface area contributed by atoms with Gasteiger partial charge in [0.2, 0.25) is 0 Å². The van der Waals surface area contributed by atoms with Crippen molar-refractivity contribution in [3.8, 4) is 0 Å². The zero-order valence-corrected chi connectivity index (χ0v) is 13.3. The highest BCUT2D eigenvalue weighted by atomic mass is 35.5. The second kappa shape index (κ2) is 7.15. The highest BCUT2D eigenvalue weighted by Gasteiger charge is 2.30. The Morgan fingerprint density at radius 1 is 0.800 bits per heavy atom. The van der Waals surface area contributed by atoms with E-state index in [1.165, 1.54) is 16.7 Å². The van der Waals surface area contributed by atoms with Crippen LogP contribution in [0.1, 0.15) is 23.6 Å². The molecule has 0 fully saturated rings. The second-order valence-corrected chi connectivity index (χ2v) is 5.79. The molecule has 0 bridgehead atoms. The van der Waals surface area contributed by atoms with Crippen LogP contribution in [0.4, 0.5) is 0 Å². The number of rotatable bonds is 6. The van der Waals surface area contributed by atoms with Crippen molar-refractivity contribution >= 4 is 23.2 Å². The van der Waals surface area contributed by atoms with E-state index in [-0.39, 0.29) is 5.41 Å². The highest BCUT2D eigenvalue weighted by molar-refractivity contribution is 6.22. The molecule has 0 saturated heterocycles. The fraction of sp³-hybridized carbons (Fsp3) is 0.333. The van der Waals surface area contributed by atoms with Crippen molar-refractivity contribution in [2.24, 2.45) is 0 Å². The molecule has 0 aliphatic rings. The van der Waals surface area contributed by atoms with Crippen LogP contribution < -0.4 is 0 Å². The van der Waals surface area contributed by atoms with Crippen molar-refractivity contribution in [1.82, 2.24) is 0 Å². The summed E-state index contributed by atoms with van der Waals surface area (Å²) >= 11 is 12.6. The zero-order valence-electron chi connectivity index (χ0n) is 11.8. The number of aryl methyl sites for hydroxylation is 1. The minimum absolute atomic E-state index is 0.196. The summed E-state index contributed by atoms with van der Waals surface area (Å²) in [7, 11) is 0. The van der Waals surface area contributed by atoms with Gasteiger partial charge in [-0.25, -0.2) is 0 Å². The Hall–Kier alpha value is -0.980.